The van der Waals surface area contributed by atoms with E-state index in [0.29, 0.717) is 12.2 Å². The number of carbonyl (C=O) groups is 1. The predicted molar refractivity (Wildman–Crippen MR) is 72.5 cm³/mol. The SMILES string of the molecule is CCCC(=O)CCCc1nc2ccccc2s1. The number of aryl methyl sites for hydroxylation is 1. The molecule has 0 saturated heterocycles. The number of rotatable bonds is 6. The number of carbonyl (C=O) groups excluding carboxylic acids is 1. The smallest absolute Gasteiger partial charge is 0.132 e. The van der Waals surface area contributed by atoms with Gasteiger partial charge in [0, 0.05) is 12.8 Å². The molecule has 0 aliphatic carbocycles. The molecule has 0 bridgehead atoms. The fourth-order valence-electron chi connectivity index (χ4n) is 1.87. The first-order chi connectivity index (χ1) is 8.29. The number of fused-ring (bicyclic) bond motifs is 1. The van der Waals surface area contributed by atoms with Gasteiger partial charge in [-0.15, -0.1) is 11.3 Å². The lowest BCUT2D eigenvalue weighted by atomic mass is 10.1. The average Bonchev–Trinajstić information content (AvgIpc) is 2.71. The second-order valence-corrected chi connectivity index (χ2v) is 5.33. The van der Waals surface area contributed by atoms with Gasteiger partial charge in [-0.25, -0.2) is 4.98 Å². The molecule has 2 aromatic rings. The zero-order valence-electron chi connectivity index (χ0n) is 10.1. The Hall–Kier alpha value is -1.22. The zero-order chi connectivity index (χ0) is 12.1. The quantitative estimate of drug-likeness (QED) is 0.772. The highest BCUT2D eigenvalue weighted by molar-refractivity contribution is 7.18. The minimum Gasteiger partial charge on any atom is -0.300 e. The molecular weight excluding hydrogens is 230 g/mol. The molecule has 0 aliphatic heterocycles. The third-order valence-corrected chi connectivity index (χ3v) is 3.81. The molecule has 0 spiro atoms. The van der Waals surface area contributed by atoms with Gasteiger partial charge in [-0.2, -0.15) is 0 Å². The van der Waals surface area contributed by atoms with Crippen molar-refractivity contribution in [1.82, 2.24) is 4.98 Å². The fraction of sp³-hybridized carbons (Fsp3) is 0.429. The van der Waals surface area contributed by atoms with Crippen LogP contribution < -0.4 is 0 Å². The molecule has 0 unspecified atom stereocenters. The summed E-state index contributed by atoms with van der Waals surface area (Å²) in [7, 11) is 0. The summed E-state index contributed by atoms with van der Waals surface area (Å²) in [6, 6.07) is 8.18. The Morgan fingerprint density at radius 1 is 1.29 bits per heavy atom. The third-order valence-electron chi connectivity index (χ3n) is 2.71. The number of aromatic nitrogens is 1. The average molecular weight is 247 g/mol. The number of Topliss-reactive ketones (excluding diaryl/α,β-unsaturated/α-hetero) is 1. The number of para-hydroxylation sites is 1. The minimum atomic E-state index is 0.383. The Balaban J connectivity index is 1.89. The molecule has 2 nitrogen and oxygen atoms in total. The Morgan fingerprint density at radius 3 is 2.88 bits per heavy atom. The lowest BCUT2D eigenvalue weighted by Gasteiger charge is -1.96. The van der Waals surface area contributed by atoms with Crippen molar-refractivity contribution in [3.63, 3.8) is 0 Å². The summed E-state index contributed by atoms with van der Waals surface area (Å²) in [5.41, 5.74) is 1.08. The van der Waals surface area contributed by atoms with Gasteiger partial charge in [-0.1, -0.05) is 19.1 Å². The molecular formula is C14H17NOS. The van der Waals surface area contributed by atoms with Gasteiger partial charge < -0.3 is 0 Å². The van der Waals surface area contributed by atoms with Gasteiger partial charge in [-0.3, -0.25) is 4.79 Å². The van der Waals surface area contributed by atoms with Crippen LogP contribution in [0.15, 0.2) is 24.3 Å². The van der Waals surface area contributed by atoms with Crippen LogP contribution in [0.2, 0.25) is 0 Å². The number of ketones is 1. The minimum absolute atomic E-state index is 0.383. The molecule has 0 aliphatic rings. The molecule has 2 rings (SSSR count). The van der Waals surface area contributed by atoms with Gasteiger partial charge in [0.1, 0.15) is 5.78 Å². The second-order valence-electron chi connectivity index (χ2n) is 4.22. The molecule has 17 heavy (non-hydrogen) atoms. The molecule has 0 saturated carbocycles. The predicted octanol–water partition coefficient (Wildman–Crippen LogP) is 3.99. The van der Waals surface area contributed by atoms with E-state index >= 15 is 0 Å². The Labute approximate surface area is 106 Å². The van der Waals surface area contributed by atoms with Crippen LogP contribution in [0, 0.1) is 0 Å². The van der Waals surface area contributed by atoms with E-state index in [1.807, 2.05) is 25.1 Å². The van der Waals surface area contributed by atoms with Crippen molar-refractivity contribution in [2.45, 2.75) is 39.0 Å². The molecule has 3 heteroatoms. The summed E-state index contributed by atoms with van der Waals surface area (Å²) in [5, 5.41) is 1.15. The van der Waals surface area contributed by atoms with E-state index in [-0.39, 0.29) is 0 Å². The summed E-state index contributed by atoms with van der Waals surface area (Å²) >= 11 is 1.74. The molecule has 0 N–H and O–H groups in total. The highest BCUT2D eigenvalue weighted by atomic mass is 32.1. The summed E-state index contributed by atoms with van der Waals surface area (Å²) in [4.78, 5) is 16.0. The van der Waals surface area contributed by atoms with E-state index in [1.165, 1.54) is 4.70 Å². The van der Waals surface area contributed by atoms with Crippen LogP contribution in [0.4, 0.5) is 0 Å². The molecule has 90 valence electrons. The highest BCUT2D eigenvalue weighted by Gasteiger charge is 2.05. The van der Waals surface area contributed by atoms with Gasteiger partial charge in [0.25, 0.3) is 0 Å². The lowest BCUT2D eigenvalue weighted by molar-refractivity contribution is -0.119. The number of hydrogen-bond acceptors (Lipinski definition) is 3. The number of hydrogen-bond donors (Lipinski definition) is 0. The van der Waals surface area contributed by atoms with Gasteiger partial charge in [0.05, 0.1) is 15.2 Å². The number of nitrogens with zero attached hydrogens (tertiary/aromatic N) is 1. The van der Waals surface area contributed by atoms with Crippen molar-refractivity contribution >= 4 is 27.3 Å². The topological polar surface area (TPSA) is 30.0 Å². The molecule has 1 aromatic heterocycles. The first kappa shape index (κ1) is 12.2. The van der Waals surface area contributed by atoms with Crippen LogP contribution in [-0.2, 0) is 11.2 Å². The monoisotopic (exact) mass is 247 g/mol. The van der Waals surface area contributed by atoms with E-state index in [2.05, 4.69) is 11.1 Å². The van der Waals surface area contributed by atoms with E-state index in [1.54, 1.807) is 11.3 Å². The van der Waals surface area contributed by atoms with Gasteiger partial charge in [-0.05, 0) is 31.4 Å². The first-order valence-electron chi connectivity index (χ1n) is 6.15. The molecule has 1 aromatic carbocycles. The highest BCUT2D eigenvalue weighted by Crippen LogP contribution is 2.22. The van der Waals surface area contributed by atoms with E-state index < -0.39 is 0 Å². The van der Waals surface area contributed by atoms with Crippen LogP contribution in [0.1, 0.15) is 37.6 Å². The molecule has 0 atom stereocenters. The maximum Gasteiger partial charge on any atom is 0.132 e. The van der Waals surface area contributed by atoms with Gasteiger partial charge in [0.15, 0.2) is 0 Å². The number of thiazole rings is 1. The second kappa shape index (κ2) is 5.92. The first-order valence-corrected chi connectivity index (χ1v) is 6.97. The lowest BCUT2D eigenvalue weighted by Crippen LogP contribution is -1.97. The maximum atomic E-state index is 11.4. The van der Waals surface area contributed by atoms with Crippen molar-refractivity contribution in [2.75, 3.05) is 0 Å². The Bertz CT molecular complexity index is 471. The molecule has 1 heterocycles. The number of benzene rings is 1. The van der Waals surface area contributed by atoms with Crippen molar-refractivity contribution < 1.29 is 4.79 Å². The van der Waals surface area contributed by atoms with Crippen LogP contribution >= 0.6 is 11.3 Å². The van der Waals surface area contributed by atoms with Crippen LogP contribution in [0.25, 0.3) is 10.2 Å². The van der Waals surface area contributed by atoms with Crippen molar-refractivity contribution in [2.24, 2.45) is 0 Å². The van der Waals surface area contributed by atoms with Crippen molar-refractivity contribution in [1.29, 1.82) is 0 Å². The molecule has 0 amide bonds. The van der Waals surface area contributed by atoms with Crippen LogP contribution in [0.3, 0.4) is 0 Å². The fourth-order valence-corrected chi connectivity index (χ4v) is 2.88. The summed E-state index contributed by atoms with van der Waals surface area (Å²) in [5.74, 6) is 0.383. The Morgan fingerprint density at radius 2 is 2.12 bits per heavy atom. The standard InChI is InChI=1S/C14H17NOS/c1-2-6-11(16)7-5-10-14-15-12-8-3-4-9-13(12)17-14/h3-4,8-9H,2,5-7,10H2,1H3. The summed E-state index contributed by atoms with van der Waals surface area (Å²) in [6.07, 6.45) is 4.23. The van der Waals surface area contributed by atoms with Crippen molar-refractivity contribution in [3.05, 3.63) is 29.3 Å². The van der Waals surface area contributed by atoms with Gasteiger partial charge >= 0.3 is 0 Å². The van der Waals surface area contributed by atoms with E-state index in [0.717, 1.165) is 36.2 Å². The van der Waals surface area contributed by atoms with E-state index in [4.69, 9.17) is 0 Å². The third kappa shape index (κ3) is 3.37. The van der Waals surface area contributed by atoms with Gasteiger partial charge in [0.2, 0.25) is 0 Å². The molecule has 0 fully saturated rings. The molecule has 0 radical (unpaired) electrons. The largest absolute Gasteiger partial charge is 0.300 e. The summed E-state index contributed by atoms with van der Waals surface area (Å²) < 4.78 is 1.24. The maximum absolute atomic E-state index is 11.4. The van der Waals surface area contributed by atoms with Crippen LogP contribution in [0.5, 0.6) is 0 Å². The van der Waals surface area contributed by atoms with Crippen molar-refractivity contribution in [3.8, 4) is 0 Å². The van der Waals surface area contributed by atoms with Crippen LogP contribution in [-0.4, -0.2) is 10.8 Å². The normalized spacial score (nSPS) is 10.9. The Kier molecular flexibility index (Phi) is 4.26. The zero-order valence-corrected chi connectivity index (χ0v) is 10.9. The van der Waals surface area contributed by atoms with E-state index in [9.17, 15) is 4.79 Å². The summed E-state index contributed by atoms with van der Waals surface area (Å²) in [6.45, 7) is 2.05.